The quantitative estimate of drug-likeness (QED) is 0.508. The lowest BCUT2D eigenvalue weighted by atomic mass is 10.2. The molecule has 1 N–H and O–H groups in total. The standard InChI is InChI=1S/C11H9ClN4O3S2/c1-6-14-15-11(21-6)20-5-10(17)13-8-3-2-7(12)4-9(8)16(18)19/h2-4H,5H2,1H3,(H,13,17). The molecule has 1 amide bonds. The zero-order valence-electron chi connectivity index (χ0n) is 10.7. The Bertz CT molecular complexity index is 692. The SMILES string of the molecule is Cc1nnc(SCC(=O)Nc2ccc(Cl)cc2[N+](=O)[O-])s1. The molecule has 0 saturated heterocycles. The summed E-state index contributed by atoms with van der Waals surface area (Å²) in [6.07, 6.45) is 0. The van der Waals surface area contributed by atoms with Crippen LogP contribution in [-0.2, 0) is 4.79 Å². The minimum Gasteiger partial charge on any atom is -0.320 e. The lowest BCUT2D eigenvalue weighted by molar-refractivity contribution is -0.383. The van der Waals surface area contributed by atoms with Crippen molar-refractivity contribution < 1.29 is 9.72 Å². The van der Waals surface area contributed by atoms with Crippen molar-refractivity contribution in [3.05, 3.63) is 38.3 Å². The second-order valence-electron chi connectivity index (χ2n) is 3.84. The third-order valence-corrected chi connectivity index (χ3v) is 4.47. The van der Waals surface area contributed by atoms with Crippen LogP contribution in [0.4, 0.5) is 11.4 Å². The van der Waals surface area contributed by atoms with Gasteiger partial charge in [0.2, 0.25) is 5.91 Å². The van der Waals surface area contributed by atoms with Gasteiger partial charge in [0, 0.05) is 11.1 Å². The summed E-state index contributed by atoms with van der Waals surface area (Å²) in [6, 6.07) is 4.07. The predicted molar refractivity (Wildman–Crippen MR) is 82.1 cm³/mol. The monoisotopic (exact) mass is 344 g/mol. The molecule has 0 radical (unpaired) electrons. The van der Waals surface area contributed by atoms with Crippen LogP contribution in [0.5, 0.6) is 0 Å². The maximum Gasteiger partial charge on any atom is 0.294 e. The Morgan fingerprint density at radius 2 is 2.29 bits per heavy atom. The van der Waals surface area contributed by atoms with Crippen LogP contribution in [-0.4, -0.2) is 26.8 Å². The van der Waals surface area contributed by atoms with Crippen LogP contribution < -0.4 is 5.32 Å². The Kier molecular flexibility index (Phi) is 5.10. The molecule has 10 heteroatoms. The van der Waals surface area contributed by atoms with Gasteiger partial charge in [0.1, 0.15) is 10.7 Å². The number of aromatic nitrogens is 2. The average Bonchev–Trinajstić information content (AvgIpc) is 2.84. The van der Waals surface area contributed by atoms with Crippen molar-refractivity contribution in [1.29, 1.82) is 0 Å². The normalized spacial score (nSPS) is 10.4. The highest BCUT2D eigenvalue weighted by Crippen LogP contribution is 2.28. The number of carbonyl (C=O) groups excluding carboxylic acids is 1. The van der Waals surface area contributed by atoms with Crippen LogP contribution in [0.1, 0.15) is 5.01 Å². The minimum atomic E-state index is -0.595. The van der Waals surface area contributed by atoms with E-state index in [1.165, 1.54) is 41.3 Å². The number of benzene rings is 1. The summed E-state index contributed by atoms with van der Waals surface area (Å²) in [5.41, 5.74) is -0.129. The summed E-state index contributed by atoms with van der Waals surface area (Å²) in [7, 11) is 0. The second kappa shape index (κ2) is 6.83. The summed E-state index contributed by atoms with van der Waals surface area (Å²) >= 11 is 8.31. The number of nitro benzene ring substituents is 1. The number of aryl methyl sites for hydroxylation is 1. The van der Waals surface area contributed by atoms with Gasteiger partial charge in [0.15, 0.2) is 4.34 Å². The maximum atomic E-state index is 11.8. The molecule has 0 aliphatic carbocycles. The number of halogens is 1. The molecule has 1 aromatic carbocycles. The summed E-state index contributed by atoms with van der Waals surface area (Å²) < 4.78 is 0.674. The lowest BCUT2D eigenvalue weighted by Crippen LogP contribution is -2.15. The Hall–Kier alpha value is -1.71. The number of hydrogen-bond acceptors (Lipinski definition) is 7. The van der Waals surface area contributed by atoms with Crippen molar-refractivity contribution >= 4 is 52.0 Å². The summed E-state index contributed by atoms with van der Waals surface area (Å²) in [5, 5.41) is 22.2. The summed E-state index contributed by atoms with van der Waals surface area (Å²) in [5.74, 6) is -0.271. The number of nitrogens with one attached hydrogen (secondary N) is 1. The molecule has 110 valence electrons. The molecule has 0 spiro atoms. The highest BCUT2D eigenvalue weighted by molar-refractivity contribution is 8.01. The first kappa shape index (κ1) is 15.7. The van der Waals surface area contributed by atoms with Crippen molar-refractivity contribution in [2.24, 2.45) is 0 Å². The van der Waals surface area contributed by atoms with Gasteiger partial charge in [-0.25, -0.2) is 0 Å². The molecule has 0 aliphatic heterocycles. The second-order valence-corrected chi connectivity index (χ2v) is 6.68. The smallest absolute Gasteiger partial charge is 0.294 e. The fraction of sp³-hybridized carbons (Fsp3) is 0.182. The average molecular weight is 345 g/mol. The molecule has 0 atom stereocenters. The molecule has 2 rings (SSSR count). The summed E-state index contributed by atoms with van der Waals surface area (Å²) in [6.45, 7) is 1.82. The molecule has 0 aliphatic rings. The van der Waals surface area contributed by atoms with Crippen LogP contribution >= 0.6 is 34.7 Å². The van der Waals surface area contributed by atoms with E-state index in [0.717, 1.165) is 5.01 Å². The number of thioether (sulfide) groups is 1. The van der Waals surface area contributed by atoms with Gasteiger partial charge in [-0.3, -0.25) is 14.9 Å². The molecule has 0 unspecified atom stereocenters. The minimum absolute atomic E-state index is 0.0917. The Morgan fingerprint density at radius 3 is 2.90 bits per heavy atom. The third-order valence-electron chi connectivity index (χ3n) is 2.26. The molecule has 21 heavy (non-hydrogen) atoms. The van der Waals surface area contributed by atoms with Crippen LogP contribution in [0.15, 0.2) is 22.5 Å². The third kappa shape index (κ3) is 4.38. The van der Waals surface area contributed by atoms with Gasteiger partial charge in [0.05, 0.1) is 10.7 Å². The summed E-state index contributed by atoms with van der Waals surface area (Å²) in [4.78, 5) is 22.1. The molecule has 0 bridgehead atoms. The van der Waals surface area contributed by atoms with Crippen LogP contribution in [0.2, 0.25) is 5.02 Å². The Morgan fingerprint density at radius 1 is 1.52 bits per heavy atom. The van der Waals surface area contributed by atoms with E-state index in [1.807, 2.05) is 6.92 Å². The largest absolute Gasteiger partial charge is 0.320 e. The van der Waals surface area contributed by atoms with E-state index < -0.39 is 4.92 Å². The van der Waals surface area contributed by atoms with E-state index in [2.05, 4.69) is 15.5 Å². The zero-order valence-corrected chi connectivity index (χ0v) is 13.1. The van der Waals surface area contributed by atoms with Crippen molar-refractivity contribution in [2.75, 3.05) is 11.1 Å². The van der Waals surface area contributed by atoms with Gasteiger partial charge >= 0.3 is 0 Å². The number of hydrogen-bond donors (Lipinski definition) is 1. The van der Waals surface area contributed by atoms with E-state index in [1.54, 1.807) is 0 Å². The maximum absolute atomic E-state index is 11.8. The van der Waals surface area contributed by atoms with Gasteiger partial charge in [-0.1, -0.05) is 34.7 Å². The molecule has 0 fully saturated rings. The first-order chi connectivity index (χ1) is 9.95. The first-order valence-corrected chi connectivity index (χ1v) is 7.80. The topological polar surface area (TPSA) is 98.0 Å². The van der Waals surface area contributed by atoms with Crippen LogP contribution in [0.25, 0.3) is 0 Å². The Labute approximate surface area is 132 Å². The van der Waals surface area contributed by atoms with Crippen molar-refractivity contribution in [3.8, 4) is 0 Å². The van der Waals surface area contributed by atoms with Crippen molar-refractivity contribution in [1.82, 2.24) is 10.2 Å². The van der Waals surface area contributed by atoms with E-state index in [-0.39, 0.29) is 28.1 Å². The number of nitro groups is 1. The number of anilines is 1. The number of amides is 1. The highest BCUT2D eigenvalue weighted by atomic mass is 35.5. The lowest BCUT2D eigenvalue weighted by Gasteiger charge is -2.05. The molecule has 7 nitrogen and oxygen atoms in total. The fourth-order valence-electron chi connectivity index (χ4n) is 1.41. The van der Waals surface area contributed by atoms with Gasteiger partial charge in [-0.2, -0.15) is 0 Å². The van der Waals surface area contributed by atoms with Crippen LogP contribution in [0, 0.1) is 17.0 Å². The highest BCUT2D eigenvalue weighted by Gasteiger charge is 2.16. The van der Waals surface area contributed by atoms with Crippen LogP contribution in [0.3, 0.4) is 0 Å². The predicted octanol–water partition coefficient (Wildman–Crippen LogP) is 3.14. The molecule has 0 saturated carbocycles. The van der Waals surface area contributed by atoms with E-state index in [4.69, 9.17) is 11.6 Å². The van der Waals surface area contributed by atoms with Gasteiger partial charge in [-0.15, -0.1) is 10.2 Å². The van der Waals surface area contributed by atoms with Gasteiger partial charge in [-0.05, 0) is 19.1 Å². The number of rotatable bonds is 5. The van der Waals surface area contributed by atoms with E-state index in [0.29, 0.717) is 4.34 Å². The van der Waals surface area contributed by atoms with Crippen molar-refractivity contribution in [2.45, 2.75) is 11.3 Å². The van der Waals surface area contributed by atoms with E-state index >= 15 is 0 Å². The molecule has 1 heterocycles. The Balaban J connectivity index is 2.01. The molecular weight excluding hydrogens is 336 g/mol. The number of nitrogens with zero attached hydrogens (tertiary/aromatic N) is 3. The molecule has 1 aromatic heterocycles. The molecule has 2 aromatic rings. The van der Waals surface area contributed by atoms with E-state index in [9.17, 15) is 14.9 Å². The number of carbonyl (C=O) groups is 1. The fourth-order valence-corrected chi connectivity index (χ4v) is 3.19. The zero-order chi connectivity index (χ0) is 15.4. The molecular formula is C11H9ClN4O3S2. The van der Waals surface area contributed by atoms with Gasteiger partial charge < -0.3 is 5.32 Å². The van der Waals surface area contributed by atoms with Crippen molar-refractivity contribution in [3.63, 3.8) is 0 Å². The first-order valence-electron chi connectivity index (χ1n) is 5.62. The van der Waals surface area contributed by atoms with Gasteiger partial charge in [0.25, 0.3) is 5.69 Å².